The van der Waals surface area contributed by atoms with E-state index >= 15 is 0 Å². The van der Waals surface area contributed by atoms with Crippen LogP contribution >= 0.6 is 11.6 Å². The number of hydrogen-bond acceptors (Lipinski definition) is 1. The van der Waals surface area contributed by atoms with Gasteiger partial charge in [-0.05, 0) is 44.0 Å². The molecule has 16 heavy (non-hydrogen) atoms. The van der Waals surface area contributed by atoms with Crippen molar-refractivity contribution in [3.05, 3.63) is 52.6 Å². The van der Waals surface area contributed by atoms with Crippen LogP contribution in [0.25, 0.3) is 0 Å². The molecule has 0 aliphatic carbocycles. The first kappa shape index (κ1) is 12.8. The Morgan fingerprint density at radius 3 is 2.50 bits per heavy atom. The molecule has 1 rings (SSSR count). The summed E-state index contributed by atoms with van der Waals surface area (Å²) in [6.07, 6.45) is 4.50. The van der Waals surface area contributed by atoms with E-state index in [-0.39, 0.29) is 5.75 Å². The Bertz CT molecular complexity index is 393. The third-order valence-electron chi connectivity index (χ3n) is 2.20. The minimum absolute atomic E-state index is 0.213. The van der Waals surface area contributed by atoms with Crippen LogP contribution in [0.1, 0.15) is 19.4 Å². The van der Waals surface area contributed by atoms with Gasteiger partial charge in [0.05, 0.1) is 0 Å². The van der Waals surface area contributed by atoms with E-state index < -0.39 is 0 Å². The first-order valence-electron chi connectivity index (χ1n) is 5.03. The molecule has 0 amide bonds. The maximum Gasteiger partial charge on any atom is 0.171 e. The third kappa shape index (κ3) is 3.70. The van der Waals surface area contributed by atoms with Crippen LogP contribution in [-0.2, 0) is 6.42 Å². The van der Waals surface area contributed by atoms with Gasteiger partial charge in [0.25, 0.3) is 0 Å². The Labute approximate surface area is 100 Å². The zero-order valence-electron chi connectivity index (χ0n) is 9.34. The van der Waals surface area contributed by atoms with Crippen molar-refractivity contribution in [2.75, 3.05) is 0 Å². The first-order valence-corrected chi connectivity index (χ1v) is 5.40. The van der Waals surface area contributed by atoms with Crippen LogP contribution in [0, 0.1) is 0 Å². The summed E-state index contributed by atoms with van der Waals surface area (Å²) in [5.74, 6) is 0.213. The van der Waals surface area contributed by atoms with Gasteiger partial charge in [-0.25, -0.2) is 0 Å². The number of allylic oxidation sites excluding steroid dienone is 4. The van der Waals surface area contributed by atoms with Crippen molar-refractivity contribution in [2.24, 2.45) is 0 Å². The van der Waals surface area contributed by atoms with Gasteiger partial charge in [0, 0.05) is 9.56 Å². The van der Waals surface area contributed by atoms with Crippen LogP contribution in [0.15, 0.2) is 47.0 Å². The van der Waals surface area contributed by atoms with E-state index in [0.717, 1.165) is 22.6 Å². The molecule has 0 saturated carbocycles. The van der Waals surface area contributed by atoms with Crippen LogP contribution in [-0.4, -0.2) is 0 Å². The summed E-state index contributed by atoms with van der Waals surface area (Å²) in [6.45, 7) is 3.89. The topological polar surface area (TPSA) is 9.23 Å². The highest BCUT2D eigenvalue weighted by Crippen LogP contribution is 2.18. The molecule has 86 valence electrons. The fourth-order valence-electron chi connectivity index (χ4n) is 1.34. The quantitative estimate of drug-likeness (QED) is 0.700. The Balaban J connectivity index is 2.76. The Kier molecular flexibility index (Phi) is 5.06. The molecule has 0 N–H and O–H groups in total. The maximum absolute atomic E-state index is 11.8. The number of rotatable bonds is 4. The van der Waals surface area contributed by atoms with Crippen LogP contribution < -0.4 is 4.94 Å². The molecule has 0 unspecified atom stereocenters. The summed E-state index contributed by atoms with van der Waals surface area (Å²) >= 11 is 6.05. The second kappa shape index (κ2) is 6.33. The van der Waals surface area contributed by atoms with Crippen molar-refractivity contribution in [1.29, 1.82) is 0 Å². The molecule has 0 aliphatic heterocycles. The fourth-order valence-corrected chi connectivity index (χ4v) is 1.53. The van der Waals surface area contributed by atoms with Gasteiger partial charge in [0.15, 0.2) is 5.75 Å². The lowest BCUT2D eigenvalue weighted by atomic mass is 10.1. The zero-order chi connectivity index (χ0) is 12.0. The normalized spacial score (nSPS) is 12.8. The van der Waals surface area contributed by atoms with Crippen LogP contribution in [0.4, 0.5) is 4.53 Å². The number of hydrogen-bond donors (Lipinski definition) is 0. The highest BCUT2D eigenvalue weighted by Gasteiger charge is 2.00. The van der Waals surface area contributed by atoms with E-state index in [9.17, 15) is 4.53 Å². The fraction of sp³-hybridized carbons (Fsp3) is 0.231. The highest BCUT2D eigenvalue weighted by atomic mass is 35.5. The summed E-state index contributed by atoms with van der Waals surface area (Å²) < 4.78 is 11.8. The first-order chi connectivity index (χ1) is 7.67. The van der Waals surface area contributed by atoms with E-state index in [2.05, 4.69) is 4.94 Å². The average molecular weight is 241 g/mol. The lowest BCUT2D eigenvalue weighted by molar-refractivity contribution is -0.00621. The predicted molar refractivity (Wildman–Crippen MR) is 65.2 cm³/mol. The summed E-state index contributed by atoms with van der Waals surface area (Å²) in [5.41, 5.74) is 2.15. The zero-order valence-corrected chi connectivity index (χ0v) is 10.1. The molecule has 3 heteroatoms. The molecule has 1 nitrogen and oxygen atoms in total. The second-order valence-corrected chi connectivity index (χ2v) is 3.93. The van der Waals surface area contributed by atoms with E-state index in [4.69, 9.17) is 11.6 Å². The highest BCUT2D eigenvalue weighted by molar-refractivity contribution is 6.31. The molecule has 1 aromatic rings. The number of halogens is 2. The largest absolute Gasteiger partial charge is 0.294 e. The molecule has 0 fully saturated rings. The monoisotopic (exact) mass is 240 g/mol. The summed E-state index contributed by atoms with van der Waals surface area (Å²) in [5, 5.41) is 0.744. The van der Waals surface area contributed by atoms with Gasteiger partial charge in [-0.1, -0.05) is 35.4 Å². The van der Waals surface area contributed by atoms with Crippen molar-refractivity contribution >= 4 is 11.6 Å². The van der Waals surface area contributed by atoms with Crippen LogP contribution in [0.3, 0.4) is 0 Å². The van der Waals surface area contributed by atoms with Crippen molar-refractivity contribution < 1.29 is 9.47 Å². The summed E-state index contributed by atoms with van der Waals surface area (Å²) in [4.78, 5) is 3.61. The Hall–Kier alpha value is -1.28. The molecule has 0 heterocycles. The minimum Gasteiger partial charge on any atom is -0.294 e. The molecule has 0 aliphatic rings. The van der Waals surface area contributed by atoms with Crippen LogP contribution in [0.2, 0.25) is 0 Å². The third-order valence-corrected chi connectivity index (χ3v) is 2.65. The van der Waals surface area contributed by atoms with E-state index in [1.807, 2.05) is 38.1 Å². The van der Waals surface area contributed by atoms with Gasteiger partial charge in [0.1, 0.15) is 0 Å². The van der Waals surface area contributed by atoms with Gasteiger partial charge < -0.3 is 0 Å². The summed E-state index contributed by atoms with van der Waals surface area (Å²) in [6, 6.07) is 6.81. The lowest BCUT2D eigenvalue weighted by Gasteiger charge is -2.03. The summed E-state index contributed by atoms with van der Waals surface area (Å²) in [7, 11) is 0. The maximum atomic E-state index is 11.8. The molecular formula is C13H14ClFO. The molecule has 0 atom stereocenters. The van der Waals surface area contributed by atoms with Gasteiger partial charge in [-0.3, -0.25) is 4.94 Å². The Morgan fingerprint density at radius 2 is 2.00 bits per heavy atom. The smallest absolute Gasteiger partial charge is 0.171 e. The van der Waals surface area contributed by atoms with Crippen molar-refractivity contribution in [1.82, 2.24) is 0 Å². The molecular weight excluding hydrogens is 227 g/mol. The predicted octanol–water partition coefficient (Wildman–Crippen LogP) is 4.58. The molecule has 0 aromatic heterocycles. The van der Waals surface area contributed by atoms with E-state index in [0.29, 0.717) is 0 Å². The molecule has 0 saturated heterocycles. The van der Waals surface area contributed by atoms with E-state index in [1.165, 1.54) is 0 Å². The van der Waals surface area contributed by atoms with Gasteiger partial charge in [0.2, 0.25) is 0 Å². The lowest BCUT2D eigenvalue weighted by Crippen LogP contribution is -1.88. The SMILES string of the molecule is C/C=C\C(Cl)=C(/C)Cc1ccc(OF)cc1. The average Bonchev–Trinajstić information content (AvgIpc) is 2.30. The van der Waals surface area contributed by atoms with E-state index in [1.54, 1.807) is 12.1 Å². The second-order valence-electron chi connectivity index (χ2n) is 3.53. The minimum atomic E-state index is 0.213. The van der Waals surface area contributed by atoms with Crippen LogP contribution in [0.5, 0.6) is 5.75 Å². The van der Waals surface area contributed by atoms with Gasteiger partial charge >= 0.3 is 0 Å². The molecule has 1 aromatic carbocycles. The van der Waals surface area contributed by atoms with Gasteiger partial charge in [-0.2, -0.15) is 0 Å². The van der Waals surface area contributed by atoms with Crippen molar-refractivity contribution in [3.8, 4) is 5.75 Å². The van der Waals surface area contributed by atoms with Crippen molar-refractivity contribution in [3.63, 3.8) is 0 Å². The standard InChI is InChI=1S/C13H14ClFO/c1-3-4-13(14)10(2)9-11-5-7-12(16-15)8-6-11/h3-8H,9H2,1-2H3/b4-3-,13-10-. The van der Waals surface area contributed by atoms with Gasteiger partial charge in [-0.15, -0.1) is 0 Å². The molecule has 0 spiro atoms. The Morgan fingerprint density at radius 1 is 1.38 bits per heavy atom. The molecule has 0 bridgehead atoms. The number of benzene rings is 1. The van der Waals surface area contributed by atoms with Crippen molar-refractivity contribution in [2.45, 2.75) is 20.3 Å². The molecule has 0 radical (unpaired) electrons.